The van der Waals surface area contributed by atoms with Gasteiger partial charge in [0.15, 0.2) is 0 Å². The van der Waals surface area contributed by atoms with E-state index in [2.05, 4.69) is 10.3 Å². The number of carbonyl (C=O) groups excluding carboxylic acids is 1. The summed E-state index contributed by atoms with van der Waals surface area (Å²) in [6.07, 6.45) is 6.82. The van der Waals surface area contributed by atoms with Crippen LogP contribution in [0.3, 0.4) is 0 Å². The van der Waals surface area contributed by atoms with Crippen molar-refractivity contribution in [3.8, 4) is 5.69 Å². The Morgan fingerprint density at radius 3 is 2.78 bits per heavy atom. The fourth-order valence-electron chi connectivity index (χ4n) is 1.64. The fourth-order valence-corrected chi connectivity index (χ4v) is 1.64. The van der Waals surface area contributed by atoms with Gasteiger partial charge in [0.1, 0.15) is 0 Å². The molecule has 4 nitrogen and oxygen atoms in total. The number of hydrogen-bond acceptors (Lipinski definition) is 2. The molecule has 0 radical (unpaired) electrons. The van der Waals surface area contributed by atoms with E-state index in [4.69, 9.17) is 0 Å². The van der Waals surface area contributed by atoms with E-state index in [0.29, 0.717) is 0 Å². The topological polar surface area (TPSA) is 46.9 Å². The Balaban J connectivity index is 2.29. The van der Waals surface area contributed by atoms with Gasteiger partial charge in [-0.3, -0.25) is 4.79 Å². The van der Waals surface area contributed by atoms with Crippen LogP contribution < -0.4 is 5.32 Å². The normalized spacial score (nSPS) is 9.89. The van der Waals surface area contributed by atoms with Crippen molar-refractivity contribution in [1.82, 2.24) is 9.55 Å². The van der Waals surface area contributed by atoms with Gasteiger partial charge in [0, 0.05) is 18.5 Å². The highest BCUT2D eigenvalue weighted by Gasteiger charge is 2.05. The molecule has 2 aromatic rings. The van der Waals surface area contributed by atoms with Gasteiger partial charge in [-0.05, 0) is 26.0 Å². The number of rotatable bonds is 3. The number of hydrogen-bond donors (Lipinski definition) is 1. The van der Waals surface area contributed by atoms with E-state index >= 15 is 0 Å². The Bertz CT molecular complexity index is 566. The number of para-hydroxylation sites is 2. The molecule has 1 N–H and O–H groups in total. The van der Waals surface area contributed by atoms with E-state index in [1.165, 1.54) is 0 Å². The predicted molar refractivity (Wildman–Crippen MR) is 71.6 cm³/mol. The van der Waals surface area contributed by atoms with Gasteiger partial charge in [-0.2, -0.15) is 0 Å². The third kappa shape index (κ3) is 2.85. The average Bonchev–Trinajstić information content (AvgIpc) is 2.81. The summed E-state index contributed by atoms with van der Waals surface area (Å²) in [5.41, 5.74) is 2.62. The number of aromatic nitrogens is 2. The van der Waals surface area contributed by atoms with Gasteiger partial charge in [-0.25, -0.2) is 4.98 Å². The van der Waals surface area contributed by atoms with Gasteiger partial charge < -0.3 is 9.88 Å². The van der Waals surface area contributed by atoms with Crippen molar-refractivity contribution in [3.63, 3.8) is 0 Å². The van der Waals surface area contributed by atoms with Gasteiger partial charge in [-0.1, -0.05) is 17.7 Å². The largest absolute Gasteiger partial charge is 0.321 e. The molecule has 0 bridgehead atoms. The Labute approximate surface area is 106 Å². The Kier molecular flexibility index (Phi) is 3.57. The smallest absolute Gasteiger partial charge is 0.248 e. The second-order valence-electron chi connectivity index (χ2n) is 4.20. The summed E-state index contributed by atoms with van der Waals surface area (Å²) in [6.45, 7) is 3.78. The molecule has 1 amide bonds. The number of anilines is 1. The number of carbonyl (C=O) groups is 1. The lowest BCUT2D eigenvalue weighted by atomic mass is 10.2. The molecule has 0 unspecified atom stereocenters. The van der Waals surface area contributed by atoms with E-state index in [0.717, 1.165) is 16.9 Å². The molecule has 0 saturated heterocycles. The molecular weight excluding hydrogens is 226 g/mol. The van der Waals surface area contributed by atoms with Gasteiger partial charge in [0.05, 0.1) is 17.7 Å². The van der Waals surface area contributed by atoms with Crippen LogP contribution in [0.1, 0.15) is 13.8 Å². The lowest BCUT2D eigenvalue weighted by Gasteiger charge is -2.10. The van der Waals surface area contributed by atoms with Crippen molar-refractivity contribution in [2.45, 2.75) is 13.8 Å². The summed E-state index contributed by atoms with van der Waals surface area (Å²) in [7, 11) is 0. The predicted octanol–water partition coefficient (Wildman–Crippen LogP) is 2.78. The van der Waals surface area contributed by atoms with Crippen LogP contribution in [-0.4, -0.2) is 15.5 Å². The molecule has 18 heavy (non-hydrogen) atoms. The van der Waals surface area contributed by atoms with Crippen LogP contribution in [0.15, 0.2) is 54.6 Å². The minimum atomic E-state index is -0.123. The van der Waals surface area contributed by atoms with Crippen LogP contribution in [-0.2, 0) is 4.79 Å². The summed E-state index contributed by atoms with van der Waals surface area (Å²) >= 11 is 0. The average molecular weight is 241 g/mol. The number of benzene rings is 1. The molecule has 4 heteroatoms. The highest BCUT2D eigenvalue weighted by molar-refractivity contribution is 6.00. The maximum atomic E-state index is 11.7. The third-order valence-electron chi connectivity index (χ3n) is 2.36. The van der Waals surface area contributed by atoms with E-state index in [1.807, 2.05) is 48.9 Å². The molecule has 0 fully saturated rings. The number of allylic oxidation sites excluding steroid dienone is 1. The molecule has 1 aromatic carbocycles. The quantitative estimate of drug-likeness (QED) is 0.840. The minimum Gasteiger partial charge on any atom is -0.321 e. The number of amides is 1. The fraction of sp³-hybridized carbons (Fsp3) is 0.143. The standard InChI is InChI=1S/C14H15N3O/c1-11(2)9-14(18)16-12-5-3-4-6-13(12)17-8-7-15-10-17/h3-10H,1-2H3,(H,16,18). The molecule has 1 heterocycles. The molecule has 0 aliphatic carbocycles. The summed E-state index contributed by atoms with van der Waals surface area (Å²) < 4.78 is 1.86. The molecule has 1 aromatic heterocycles. The number of imidazole rings is 1. The van der Waals surface area contributed by atoms with Crippen molar-refractivity contribution in [2.24, 2.45) is 0 Å². The Hall–Kier alpha value is -2.36. The van der Waals surface area contributed by atoms with Gasteiger partial charge in [0.2, 0.25) is 5.91 Å². The first-order valence-electron chi connectivity index (χ1n) is 5.70. The van der Waals surface area contributed by atoms with Crippen LogP contribution in [0.5, 0.6) is 0 Å². The maximum absolute atomic E-state index is 11.7. The monoisotopic (exact) mass is 241 g/mol. The molecule has 92 valence electrons. The van der Waals surface area contributed by atoms with Crippen LogP contribution in [0, 0.1) is 0 Å². The van der Waals surface area contributed by atoms with Crippen LogP contribution in [0.4, 0.5) is 5.69 Å². The van der Waals surface area contributed by atoms with Gasteiger partial charge >= 0.3 is 0 Å². The highest BCUT2D eigenvalue weighted by Crippen LogP contribution is 2.19. The molecule has 2 rings (SSSR count). The molecule has 0 aliphatic heterocycles. The number of nitrogens with one attached hydrogen (secondary N) is 1. The molecule has 0 atom stereocenters. The molecule has 0 spiro atoms. The zero-order valence-corrected chi connectivity index (χ0v) is 10.4. The molecule has 0 saturated carbocycles. The van der Waals surface area contributed by atoms with E-state index in [-0.39, 0.29) is 5.91 Å². The Morgan fingerprint density at radius 1 is 1.33 bits per heavy atom. The first-order chi connectivity index (χ1) is 8.66. The third-order valence-corrected chi connectivity index (χ3v) is 2.36. The lowest BCUT2D eigenvalue weighted by Crippen LogP contribution is -2.10. The van der Waals surface area contributed by atoms with E-state index < -0.39 is 0 Å². The summed E-state index contributed by atoms with van der Waals surface area (Å²) in [6, 6.07) is 7.61. The molecule has 0 aliphatic rings. The van der Waals surface area contributed by atoms with Crippen molar-refractivity contribution in [1.29, 1.82) is 0 Å². The second-order valence-corrected chi connectivity index (χ2v) is 4.20. The second kappa shape index (κ2) is 5.31. The molecular formula is C14H15N3O. The summed E-state index contributed by atoms with van der Waals surface area (Å²) in [5, 5.41) is 2.87. The van der Waals surface area contributed by atoms with Crippen molar-refractivity contribution in [2.75, 3.05) is 5.32 Å². The number of nitrogens with zero attached hydrogens (tertiary/aromatic N) is 2. The van der Waals surface area contributed by atoms with Crippen molar-refractivity contribution < 1.29 is 4.79 Å². The SMILES string of the molecule is CC(C)=CC(=O)Nc1ccccc1-n1ccnc1. The van der Waals surface area contributed by atoms with Crippen LogP contribution in [0.25, 0.3) is 5.69 Å². The summed E-state index contributed by atoms with van der Waals surface area (Å²) in [5.74, 6) is -0.123. The zero-order chi connectivity index (χ0) is 13.0. The first-order valence-corrected chi connectivity index (χ1v) is 5.70. The van der Waals surface area contributed by atoms with Gasteiger partial charge in [0.25, 0.3) is 0 Å². The lowest BCUT2D eigenvalue weighted by molar-refractivity contribution is -0.111. The van der Waals surface area contributed by atoms with Crippen molar-refractivity contribution >= 4 is 11.6 Å². The van der Waals surface area contributed by atoms with E-state index in [9.17, 15) is 4.79 Å². The van der Waals surface area contributed by atoms with Crippen LogP contribution >= 0.6 is 0 Å². The van der Waals surface area contributed by atoms with E-state index in [1.54, 1.807) is 18.6 Å². The van der Waals surface area contributed by atoms with Gasteiger partial charge in [-0.15, -0.1) is 0 Å². The minimum absolute atomic E-state index is 0.123. The Morgan fingerprint density at radius 2 is 2.11 bits per heavy atom. The highest BCUT2D eigenvalue weighted by atomic mass is 16.1. The van der Waals surface area contributed by atoms with Crippen LogP contribution in [0.2, 0.25) is 0 Å². The van der Waals surface area contributed by atoms with Crippen molar-refractivity contribution in [3.05, 3.63) is 54.6 Å². The zero-order valence-electron chi connectivity index (χ0n) is 10.4. The summed E-state index contributed by atoms with van der Waals surface area (Å²) in [4.78, 5) is 15.7. The first kappa shape index (κ1) is 12.1. The maximum Gasteiger partial charge on any atom is 0.248 e.